The maximum Gasteiger partial charge on any atom is 0.241 e. The molecule has 0 bridgehead atoms. The summed E-state index contributed by atoms with van der Waals surface area (Å²) >= 11 is 0. The van der Waals surface area contributed by atoms with Gasteiger partial charge in [-0.1, -0.05) is 13.8 Å². The number of anilines is 1. The zero-order chi connectivity index (χ0) is 12.8. The van der Waals surface area contributed by atoms with Gasteiger partial charge in [-0.3, -0.25) is 4.79 Å². The Labute approximate surface area is 101 Å². The third kappa shape index (κ3) is 4.40. The van der Waals surface area contributed by atoms with Crippen molar-refractivity contribution in [1.82, 2.24) is 4.98 Å². The molecule has 0 unspecified atom stereocenters. The fourth-order valence-electron chi connectivity index (χ4n) is 1.42. The molecule has 1 amide bonds. The van der Waals surface area contributed by atoms with Crippen molar-refractivity contribution in [3.8, 4) is 5.88 Å². The van der Waals surface area contributed by atoms with Crippen molar-refractivity contribution in [3.63, 3.8) is 0 Å². The molecule has 17 heavy (non-hydrogen) atoms. The Hall–Kier alpha value is -1.62. The highest BCUT2D eigenvalue weighted by molar-refractivity contribution is 5.94. The van der Waals surface area contributed by atoms with Gasteiger partial charge in [-0.2, -0.15) is 0 Å². The van der Waals surface area contributed by atoms with Gasteiger partial charge in [0.25, 0.3) is 0 Å². The minimum Gasteiger partial charge on any atom is -0.481 e. The van der Waals surface area contributed by atoms with Crippen LogP contribution in [0, 0.1) is 5.92 Å². The normalized spacial score (nSPS) is 12.3. The quantitative estimate of drug-likeness (QED) is 0.811. The van der Waals surface area contributed by atoms with Gasteiger partial charge in [0.05, 0.1) is 25.0 Å². The Balaban J connectivity index is 2.55. The van der Waals surface area contributed by atoms with E-state index in [0.717, 1.165) is 0 Å². The molecule has 1 atom stereocenters. The minimum atomic E-state index is -0.489. The first-order valence-electron chi connectivity index (χ1n) is 5.59. The summed E-state index contributed by atoms with van der Waals surface area (Å²) in [7, 11) is 1.54. The second kappa shape index (κ2) is 6.20. The van der Waals surface area contributed by atoms with Crippen LogP contribution >= 0.6 is 0 Å². The van der Waals surface area contributed by atoms with Crippen LogP contribution in [0.15, 0.2) is 18.3 Å². The molecule has 5 heteroatoms. The molecule has 3 N–H and O–H groups in total. The summed E-state index contributed by atoms with van der Waals surface area (Å²) in [6, 6.07) is 2.92. The van der Waals surface area contributed by atoms with Crippen molar-refractivity contribution in [2.75, 3.05) is 12.4 Å². The van der Waals surface area contributed by atoms with E-state index >= 15 is 0 Å². The first-order valence-corrected chi connectivity index (χ1v) is 5.59. The number of nitrogens with two attached hydrogens (primary N) is 1. The van der Waals surface area contributed by atoms with Crippen molar-refractivity contribution in [1.29, 1.82) is 0 Å². The summed E-state index contributed by atoms with van der Waals surface area (Å²) in [5.74, 6) is 0.713. The van der Waals surface area contributed by atoms with E-state index in [1.165, 1.54) is 0 Å². The van der Waals surface area contributed by atoms with Crippen molar-refractivity contribution in [2.24, 2.45) is 11.7 Å². The van der Waals surface area contributed by atoms with E-state index in [2.05, 4.69) is 10.3 Å². The number of amides is 1. The number of pyridine rings is 1. The predicted octanol–water partition coefficient (Wildman–Crippen LogP) is 1.40. The average Bonchev–Trinajstić information content (AvgIpc) is 2.29. The van der Waals surface area contributed by atoms with E-state index in [4.69, 9.17) is 10.5 Å². The van der Waals surface area contributed by atoms with Gasteiger partial charge in [0.15, 0.2) is 0 Å². The third-order valence-electron chi connectivity index (χ3n) is 2.28. The maximum atomic E-state index is 11.7. The van der Waals surface area contributed by atoms with Crippen LogP contribution in [0.2, 0.25) is 0 Å². The van der Waals surface area contributed by atoms with E-state index in [1.807, 2.05) is 13.8 Å². The highest BCUT2D eigenvalue weighted by Crippen LogP contribution is 2.12. The molecular formula is C12H19N3O2. The number of nitrogens with one attached hydrogen (secondary N) is 1. The summed E-state index contributed by atoms with van der Waals surface area (Å²) in [5, 5.41) is 2.72. The molecule has 5 nitrogen and oxygen atoms in total. The monoisotopic (exact) mass is 237 g/mol. The lowest BCUT2D eigenvalue weighted by atomic mass is 10.0. The molecule has 0 fully saturated rings. The average molecular weight is 237 g/mol. The summed E-state index contributed by atoms with van der Waals surface area (Å²) in [6.45, 7) is 4.06. The zero-order valence-corrected chi connectivity index (χ0v) is 10.4. The summed E-state index contributed by atoms with van der Waals surface area (Å²) < 4.78 is 4.93. The molecule has 0 saturated carbocycles. The van der Waals surface area contributed by atoms with Gasteiger partial charge in [-0.25, -0.2) is 4.98 Å². The van der Waals surface area contributed by atoms with Crippen LogP contribution in [0.5, 0.6) is 5.88 Å². The lowest BCUT2D eigenvalue weighted by molar-refractivity contribution is -0.117. The highest BCUT2D eigenvalue weighted by atomic mass is 16.5. The van der Waals surface area contributed by atoms with Crippen LogP contribution in [-0.2, 0) is 4.79 Å². The van der Waals surface area contributed by atoms with Gasteiger partial charge in [-0.15, -0.1) is 0 Å². The van der Waals surface area contributed by atoms with Crippen LogP contribution in [0.25, 0.3) is 0 Å². The van der Waals surface area contributed by atoms with Gasteiger partial charge in [0, 0.05) is 6.07 Å². The minimum absolute atomic E-state index is 0.189. The van der Waals surface area contributed by atoms with Gasteiger partial charge in [-0.05, 0) is 18.4 Å². The largest absolute Gasteiger partial charge is 0.481 e. The number of nitrogens with zero attached hydrogens (tertiary/aromatic N) is 1. The van der Waals surface area contributed by atoms with Crippen LogP contribution in [0.1, 0.15) is 20.3 Å². The molecular weight excluding hydrogens is 218 g/mol. The van der Waals surface area contributed by atoms with Crippen LogP contribution < -0.4 is 15.8 Å². The molecule has 0 saturated heterocycles. The second-order valence-corrected chi connectivity index (χ2v) is 4.31. The molecule has 94 valence electrons. The second-order valence-electron chi connectivity index (χ2n) is 4.31. The molecule has 0 aliphatic heterocycles. The molecule has 1 aromatic heterocycles. The van der Waals surface area contributed by atoms with E-state index in [0.29, 0.717) is 23.9 Å². The van der Waals surface area contributed by atoms with E-state index < -0.39 is 6.04 Å². The summed E-state index contributed by atoms with van der Waals surface area (Å²) in [5.41, 5.74) is 6.39. The number of aromatic nitrogens is 1. The van der Waals surface area contributed by atoms with Crippen LogP contribution in [-0.4, -0.2) is 24.0 Å². The topological polar surface area (TPSA) is 77.2 Å². The lowest BCUT2D eigenvalue weighted by Crippen LogP contribution is -2.36. The molecule has 0 aliphatic carbocycles. The van der Waals surface area contributed by atoms with Gasteiger partial charge in [0.1, 0.15) is 0 Å². The number of hydrogen-bond acceptors (Lipinski definition) is 4. The Kier molecular flexibility index (Phi) is 4.90. The number of hydrogen-bond donors (Lipinski definition) is 2. The maximum absolute atomic E-state index is 11.7. The molecule has 1 heterocycles. The smallest absolute Gasteiger partial charge is 0.241 e. The predicted molar refractivity (Wildman–Crippen MR) is 66.8 cm³/mol. The third-order valence-corrected chi connectivity index (χ3v) is 2.28. The molecule has 0 spiro atoms. The van der Waals surface area contributed by atoms with E-state index in [9.17, 15) is 4.79 Å². The number of rotatable bonds is 5. The van der Waals surface area contributed by atoms with Gasteiger partial charge >= 0.3 is 0 Å². The SMILES string of the molecule is COc1ccc(NC(=O)[C@@H](N)CC(C)C)cn1. The number of ether oxygens (including phenoxy) is 1. The first-order chi connectivity index (χ1) is 8.02. The Morgan fingerprint density at radius 3 is 2.71 bits per heavy atom. The molecule has 1 rings (SSSR count). The fourth-order valence-corrected chi connectivity index (χ4v) is 1.42. The van der Waals surface area contributed by atoms with Gasteiger partial charge < -0.3 is 15.8 Å². The van der Waals surface area contributed by atoms with Crippen molar-refractivity contribution in [3.05, 3.63) is 18.3 Å². The molecule has 0 aliphatic rings. The Bertz CT molecular complexity index is 363. The number of methoxy groups -OCH3 is 1. The Morgan fingerprint density at radius 1 is 1.53 bits per heavy atom. The molecule has 0 radical (unpaired) electrons. The van der Waals surface area contributed by atoms with Crippen LogP contribution in [0.4, 0.5) is 5.69 Å². The standard InChI is InChI=1S/C12H19N3O2/c1-8(2)6-10(13)12(16)15-9-4-5-11(17-3)14-7-9/h4-5,7-8,10H,6,13H2,1-3H3,(H,15,16)/t10-/m0/s1. The van der Waals surface area contributed by atoms with Crippen LogP contribution in [0.3, 0.4) is 0 Å². The highest BCUT2D eigenvalue weighted by Gasteiger charge is 2.14. The van der Waals surface area contributed by atoms with Crippen molar-refractivity contribution in [2.45, 2.75) is 26.3 Å². The lowest BCUT2D eigenvalue weighted by Gasteiger charge is -2.14. The summed E-state index contributed by atoms with van der Waals surface area (Å²) in [6.07, 6.45) is 2.20. The molecule has 1 aromatic rings. The zero-order valence-electron chi connectivity index (χ0n) is 10.4. The first kappa shape index (κ1) is 13.4. The summed E-state index contributed by atoms with van der Waals surface area (Å²) in [4.78, 5) is 15.7. The molecule has 0 aromatic carbocycles. The van der Waals surface area contributed by atoms with Crippen molar-refractivity contribution >= 4 is 11.6 Å². The van der Waals surface area contributed by atoms with Crippen molar-refractivity contribution < 1.29 is 9.53 Å². The number of carbonyl (C=O) groups is 1. The van der Waals surface area contributed by atoms with Gasteiger partial charge in [0.2, 0.25) is 11.8 Å². The number of carbonyl (C=O) groups excluding carboxylic acids is 1. The van der Waals surface area contributed by atoms with E-state index in [-0.39, 0.29) is 5.91 Å². The van der Waals surface area contributed by atoms with E-state index in [1.54, 1.807) is 25.4 Å². The Morgan fingerprint density at radius 2 is 2.24 bits per heavy atom. The fraction of sp³-hybridized carbons (Fsp3) is 0.500.